The fourth-order valence-electron chi connectivity index (χ4n) is 10.7. The van der Waals surface area contributed by atoms with Gasteiger partial charge in [-0.15, -0.1) is 0 Å². The van der Waals surface area contributed by atoms with E-state index in [1.807, 2.05) is 18.7 Å². The van der Waals surface area contributed by atoms with Gasteiger partial charge in [0.2, 0.25) is 0 Å². The van der Waals surface area contributed by atoms with Crippen LogP contribution in [-0.2, 0) is 42.2 Å². The number of hydrogen-bond acceptors (Lipinski definition) is 12. The normalized spacial score (nSPS) is 46.2. The maximum absolute atomic E-state index is 14.5. The average molecular weight is 684 g/mol. The summed E-state index contributed by atoms with van der Waals surface area (Å²) >= 11 is 0. The smallest absolute Gasteiger partial charge is 0.382 e. The van der Waals surface area contributed by atoms with E-state index in [1.165, 1.54) is 14.2 Å². The maximum Gasteiger partial charge on any atom is 0.472 e. The van der Waals surface area contributed by atoms with E-state index in [2.05, 4.69) is 16.7 Å². The average Bonchev–Trinajstić information content (AvgIpc) is 3.02. The summed E-state index contributed by atoms with van der Waals surface area (Å²) in [6, 6.07) is 0.134. The zero-order valence-corrected chi connectivity index (χ0v) is 29.7. The molecule has 0 amide bonds. The third-order valence-electron chi connectivity index (χ3n) is 12.6. The van der Waals surface area contributed by atoms with Gasteiger partial charge in [0, 0.05) is 83.3 Å². The van der Waals surface area contributed by atoms with Gasteiger partial charge in [-0.2, -0.15) is 0 Å². The highest BCUT2D eigenvalue weighted by molar-refractivity contribution is 7.47. The van der Waals surface area contributed by atoms with E-state index >= 15 is 0 Å². The number of rotatable bonds is 14. The number of ketones is 3. The number of piperidine rings is 9. The molecule has 9 rings (SSSR count). The molecule has 12 unspecified atom stereocenters. The Hall–Kier alpha value is -1.12. The minimum absolute atomic E-state index is 0.00879. The topological polar surface area (TPSA) is 144 Å². The zero-order valence-electron chi connectivity index (χ0n) is 28.9. The van der Waals surface area contributed by atoms with Crippen molar-refractivity contribution in [3.8, 4) is 0 Å². The van der Waals surface area contributed by atoms with Gasteiger partial charge in [0.25, 0.3) is 0 Å². The van der Waals surface area contributed by atoms with E-state index in [0.29, 0.717) is 32.5 Å². The third-order valence-corrected chi connectivity index (χ3v) is 13.6. The molecule has 9 aliphatic rings. The van der Waals surface area contributed by atoms with Gasteiger partial charge < -0.3 is 19.1 Å². The quantitative estimate of drug-likeness (QED) is 0.267. The van der Waals surface area contributed by atoms with Crippen molar-refractivity contribution in [2.24, 2.45) is 17.8 Å². The number of nitrogens with zero attached hydrogens (tertiary/aromatic N) is 3. The number of hydrogen-bond donors (Lipinski definition) is 1. The first-order valence-corrected chi connectivity index (χ1v) is 18.9. The van der Waals surface area contributed by atoms with Gasteiger partial charge in [0.05, 0.1) is 32.5 Å². The summed E-state index contributed by atoms with van der Waals surface area (Å²) in [5.41, 5.74) is -3.83. The van der Waals surface area contributed by atoms with Crippen molar-refractivity contribution in [2.45, 2.75) is 107 Å². The summed E-state index contributed by atoms with van der Waals surface area (Å²) in [6.45, 7) is 7.68. The SMILES string of the molecule is COCC1(CC(OP(=O)(O)OC[C@@]2(COC)C(=O)C3CCN2[C@H](C)C3)C2(COC)C(=O)C3CCN2C(C)C3)C(=O)C2CCN1C(C)C2. The van der Waals surface area contributed by atoms with Crippen LogP contribution in [0.25, 0.3) is 0 Å². The number of fused-ring (bicyclic) bond motifs is 9. The number of phosphoric acid groups is 1. The second-order valence-corrected chi connectivity index (χ2v) is 16.6. The van der Waals surface area contributed by atoms with E-state index in [9.17, 15) is 23.8 Å². The molecule has 9 heterocycles. The summed E-state index contributed by atoms with van der Waals surface area (Å²) in [5.74, 6) is -0.751. The van der Waals surface area contributed by atoms with E-state index in [0.717, 1.165) is 25.7 Å². The molecule has 0 saturated carbocycles. The molecule has 9 aliphatic heterocycles. The lowest BCUT2D eigenvalue weighted by molar-refractivity contribution is -0.187. The molecule has 9 saturated heterocycles. The van der Waals surface area contributed by atoms with Crippen LogP contribution in [0, 0.1) is 17.8 Å². The fourth-order valence-corrected chi connectivity index (χ4v) is 11.7. The molecule has 13 nitrogen and oxygen atoms in total. The van der Waals surface area contributed by atoms with E-state index in [1.54, 1.807) is 7.11 Å². The molecule has 6 bridgehead atoms. The number of carbonyl (C=O) groups is 3. The van der Waals surface area contributed by atoms with Crippen molar-refractivity contribution in [1.29, 1.82) is 0 Å². The number of phosphoric ester groups is 1. The minimum Gasteiger partial charge on any atom is -0.382 e. The molecule has 1 N–H and O–H groups in total. The van der Waals surface area contributed by atoms with Gasteiger partial charge >= 0.3 is 7.82 Å². The van der Waals surface area contributed by atoms with Crippen molar-refractivity contribution in [1.82, 2.24) is 14.7 Å². The van der Waals surface area contributed by atoms with Crippen molar-refractivity contribution in [3.05, 3.63) is 0 Å². The lowest BCUT2D eigenvalue weighted by Gasteiger charge is -2.61. The van der Waals surface area contributed by atoms with Gasteiger partial charge in [-0.25, -0.2) is 4.57 Å². The Bertz CT molecular complexity index is 1290. The Morgan fingerprint density at radius 2 is 1.15 bits per heavy atom. The second-order valence-electron chi connectivity index (χ2n) is 15.2. The summed E-state index contributed by atoms with van der Waals surface area (Å²) in [4.78, 5) is 60.3. The Labute approximate surface area is 278 Å². The summed E-state index contributed by atoms with van der Waals surface area (Å²) in [5, 5.41) is 0. The van der Waals surface area contributed by atoms with E-state index in [-0.39, 0.29) is 79.5 Å². The van der Waals surface area contributed by atoms with Gasteiger partial charge in [-0.05, 0) is 59.3 Å². The Kier molecular flexibility index (Phi) is 10.0. The van der Waals surface area contributed by atoms with Crippen LogP contribution < -0.4 is 0 Å². The van der Waals surface area contributed by atoms with E-state index < -0.39 is 37.2 Å². The molecule has 266 valence electrons. The monoisotopic (exact) mass is 683 g/mol. The third kappa shape index (κ3) is 5.65. The summed E-state index contributed by atoms with van der Waals surface area (Å²) < 4.78 is 43.3. The second kappa shape index (κ2) is 13.2. The molecule has 0 aromatic heterocycles. The molecule has 14 heteroatoms. The highest BCUT2D eigenvalue weighted by Gasteiger charge is 2.66. The Balaban J connectivity index is 1.38. The highest BCUT2D eigenvalue weighted by Crippen LogP contribution is 2.55. The molecule has 0 aliphatic carbocycles. The van der Waals surface area contributed by atoms with Crippen molar-refractivity contribution in [2.75, 3.05) is 67.4 Å². The Morgan fingerprint density at radius 3 is 1.66 bits per heavy atom. The standard InChI is InChI=1S/C33H54N3O10P/c1-21-13-24-7-10-34(21)31(17-42-4,28(24)37)16-27(33(20-44-6)30(39)26-9-12-36(33)23(3)15-26)46-47(40,41)45-19-32(18-43-5)29(38)25-8-11-35(32)22(2)14-25/h21-27H,7-20H2,1-6H3,(H,40,41)/t21?,22-,23?,24?,25?,26?,27?,31?,32+,33?/m1/s1. The number of carbonyl (C=O) groups excluding carboxylic acids is 3. The summed E-state index contributed by atoms with van der Waals surface area (Å²) in [6.07, 6.45) is 2.98. The predicted molar refractivity (Wildman–Crippen MR) is 171 cm³/mol. The van der Waals surface area contributed by atoms with Gasteiger partial charge in [0.15, 0.2) is 17.3 Å². The van der Waals surface area contributed by atoms with Gasteiger partial charge in [-0.3, -0.25) is 38.1 Å². The van der Waals surface area contributed by atoms with Crippen LogP contribution >= 0.6 is 7.82 Å². The minimum atomic E-state index is -4.96. The number of Topliss-reactive ketones (excluding diaryl/α,β-unsaturated/α-hetero) is 3. The fraction of sp³-hybridized carbons (Fsp3) is 0.909. The zero-order chi connectivity index (χ0) is 33.9. The van der Waals surface area contributed by atoms with Crippen LogP contribution in [0.5, 0.6) is 0 Å². The van der Waals surface area contributed by atoms with Crippen LogP contribution in [0.1, 0.15) is 65.7 Å². The Morgan fingerprint density at radius 1 is 0.702 bits per heavy atom. The summed E-state index contributed by atoms with van der Waals surface area (Å²) in [7, 11) is -0.404. The molecule has 0 aromatic carbocycles. The molecule has 9 fully saturated rings. The number of ether oxygens (including phenoxy) is 3. The lowest BCUT2D eigenvalue weighted by Crippen LogP contribution is -2.77. The first-order chi connectivity index (χ1) is 22.3. The largest absolute Gasteiger partial charge is 0.472 e. The van der Waals surface area contributed by atoms with Crippen LogP contribution in [-0.4, -0.2) is 145 Å². The van der Waals surface area contributed by atoms with Crippen LogP contribution in [0.2, 0.25) is 0 Å². The van der Waals surface area contributed by atoms with Crippen LogP contribution in [0.3, 0.4) is 0 Å². The first kappa shape index (κ1) is 35.7. The maximum atomic E-state index is 14.5. The highest BCUT2D eigenvalue weighted by atomic mass is 31.2. The van der Waals surface area contributed by atoms with Crippen molar-refractivity contribution in [3.63, 3.8) is 0 Å². The van der Waals surface area contributed by atoms with Gasteiger partial charge in [-0.1, -0.05) is 0 Å². The lowest BCUT2D eigenvalue weighted by atomic mass is 9.63. The van der Waals surface area contributed by atoms with Crippen LogP contribution in [0.15, 0.2) is 0 Å². The predicted octanol–water partition coefficient (Wildman–Crippen LogP) is 2.08. The molecular formula is C33H54N3O10P. The van der Waals surface area contributed by atoms with Crippen molar-refractivity contribution < 1.29 is 47.1 Å². The van der Waals surface area contributed by atoms with Crippen LogP contribution in [0.4, 0.5) is 0 Å². The molecular weight excluding hydrogens is 629 g/mol. The molecule has 14 atom stereocenters. The molecule has 0 aromatic rings. The molecule has 0 radical (unpaired) electrons. The first-order valence-electron chi connectivity index (χ1n) is 17.4. The van der Waals surface area contributed by atoms with Crippen molar-refractivity contribution >= 4 is 25.2 Å². The molecule has 47 heavy (non-hydrogen) atoms. The number of methoxy groups -OCH3 is 3. The van der Waals surface area contributed by atoms with E-state index in [4.69, 9.17) is 23.3 Å². The molecule has 0 spiro atoms. The van der Waals surface area contributed by atoms with Gasteiger partial charge in [0.1, 0.15) is 16.6 Å².